The summed E-state index contributed by atoms with van der Waals surface area (Å²) in [4.78, 5) is 11.4. The Bertz CT molecular complexity index is 212. The number of hydrogen-bond acceptors (Lipinski definition) is 4. The number of nitrogens with one attached hydrogen (secondary N) is 3. The molecule has 5 nitrogen and oxygen atoms in total. The van der Waals surface area contributed by atoms with Gasteiger partial charge in [0.15, 0.2) is 0 Å². The SMILES string of the molecule is CN1NC(Br)C2C(=O)NCNC21. The highest BCUT2D eigenvalue weighted by atomic mass is 79.9. The first-order valence-electron chi connectivity index (χ1n) is 3.84. The molecule has 2 rings (SSSR count). The van der Waals surface area contributed by atoms with Crippen molar-refractivity contribution in [2.24, 2.45) is 5.92 Å². The fraction of sp³-hybridized carbons (Fsp3) is 0.833. The molecule has 0 aromatic carbocycles. The van der Waals surface area contributed by atoms with Crippen LogP contribution >= 0.6 is 15.9 Å². The van der Waals surface area contributed by atoms with E-state index in [1.165, 1.54) is 0 Å². The molecule has 0 aliphatic carbocycles. The van der Waals surface area contributed by atoms with Gasteiger partial charge in [0.25, 0.3) is 0 Å². The van der Waals surface area contributed by atoms with Gasteiger partial charge in [0.05, 0.1) is 23.7 Å². The lowest BCUT2D eigenvalue weighted by Gasteiger charge is -2.29. The normalized spacial score (nSPS) is 42.5. The van der Waals surface area contributed by atoms with E-state index in [9.17, 15) is 4.79 Å². The van der Waals surface area contributed by atoms with Crippen molar-refractivity contribution < 1.29 is 4.79 Å². The molecule has 3 atom stereocenters. The number of amides is 1. The molecule has 0 spiro atoms. The van der Waals surface area contributed by atoms with Crippen LogP contribution in [0.4, 0.5) is 0 Å². The van der Waals surface area contributed by atoms with Gasteiger partial charge in [0.1, 0.15) is 0 Å². The van der Waals surface area contributed by atoms with E-state index >= 15 is 0 Å². The Morgan fingerprint density at radius 3 is 3.08 bits per heavy atom. The van der Waals surface area contributed by atoms with Gasteiger partial charge in [-0.2, -0.15) is 0 Å². The van der Waals surface area contributed by atoms with E-state index in [0.29, 0.717) is 6.67 Å². The van der Waals surface area contributed by atoms with Gasteiger partial charge in [0.2, 0.25) is 5.91 Å². The highest BCUT2D eigenvalue weighted by Crippen LogP contribution is 2.24. The minimum atomic E-state index is -0.0521. The van der Waals surface area contributed by atoms with E-state index in [2.05, 4.69) is 32.0 Å². The molecule has 2 aliphatic rings. The fourth-order valence-electron chi connectivity index (χ4n) is 1.66. The molecule has 2 fully saturated rings. The molecular weight excluding hydrogens is 224 g/mol. The third kappa shape index (κ3) is 1.15. The first-order chi connectivity index (χ1) is 5.70. The van der Waals surface area contributed by atoms with E-state index in [1.54, 1.807) is 0 Å². The monoisotopic (exact) mass is 234 g/mol. The zero-order valence-electron chi connectivity index (χ0n) is 6.67. The predicted molar refractivity (Wildman–Crippen MR) is 47.0 cm³/mol. The molecule has 0 saturated carbocycles. The Kier molecular flexibility index (Phi) is 2.07. The molecule has 3 unspecified atom stereocenters. The minimum absolute atomic E-state index is 0.0281. The van der Waals surface area contributed by atoms with Gasteiger partial charge < -0.3 is 5.32 Å². The maximum atomic E-state index is 11.4. The van der Waals surface area contributed by atoms with Crippen LogP contribution in [0.5, 0.6) is 0 Å². The highest BCUT2D eigenvalue weighted by Gasteiger charge is 2.44. The summed E-state index contributed by atoms with van der Waals surface area (Å²) >= 11 is 3.41. The van der Waals surface area contributed by atoms with Gasteiger partial charge in [-0.05, 0) is 0 Å². The fourth-order valence-corrected chi connectivity index (χ4v) is 2.51. The molecule has 0 aromatic heterocycles. The Morgan fingerprint density at radius 2 is 2.42 bits per heavy atom. The summed E-state index contributed by atoms with van der Waals surface area (Å²) in [5.41, 5.74) is 3.12. The van der Waals surface area contributed by atoms with Crippen LogP contribution in [0.2, 0.25) is 0 Å². The number of fused-ring (bicyclic) bond motifs is 1. The van der Waals surface area contributed by atoms with E-state index in [1.807, 2.05) is 12.1 Å². The molecule has 2 aliphatic heterocycles. The highest BCUT2D eigenvalue weighted by molar-refractivity contribution is 9.09. The lowest BCUT2D eigenvalue weighted by Crippen LogP contribution is -2.57. The van der Waals surface area contributed by atoms with Crippen molar-refractivity contribution in [2.75, 3.05) is 13.7 Å². The number of halogens is 1. The second-order valence-corrected chi connectivity index (χ2v) is 4.02. The van der Waals surface area contributed by atoms with Gasteiger partial charge in [-0.15, -0.1) is 0 Å². The summed E-state index contributed by atoms with van der Waals surface area (Å²) in [6.07, 6.45) is 0.100. The summed E-state index contributed by atoms with van der Waals surface area (Å²) in [6, 6.07) is 0. The van der Waals surface area contributed by atoms with E-state index in [4.69, 9.17) is 0 Å². The third-order valence-electron chi connectivity index (χ3n) is 2.28. The summed E-state index contributed by atoms with van der Waals surface area (Å²) in [6.45, 7) is 0.547. The predicted octanol–water partition coefficient (Wildman–Crippen LogP) is -1.22. The second-order valence-electron chi connectivity index (χ2n) is 3.03. The molecule has 1 amide bonds. The van der Waals surface area contributed by atoms with E-state index in [0.717, 1.165) is 0 Å². The zero-order valence-corrected chi connectivity index (χ0v) is 8.26. The molecule has 12 heavy (non-hydrogen) atoms. The van der Waals surface area contributed by atoms with Crippen molar-refractivity contribution in [3.8, 4) is 0 Å². The first kappa shape index (κ1) is 8.43. The summed E-state index contributed by atoms with van der Waals surface area (Å²) in [5.74, 6) is 0.0428. The molecular formula is C6H11BrN4O. The Labute approximate surface area is 79.0 Å². The standard InChI is InChI=1S/C6H11BrN4O/c1-11-5-3(4(7)10-11)6(12)9-2-8-5/h3-5,8,10H,2H2,1H3,(H,9,12). The number of hydrogen-bond donors (Lipinski definition) is 3. The third-order valence-corrected chi connectivity index (χ3v) is 3.05. The van der Waals surface area contributed by atoms with E-state index in [-0.39, 0.29) is 22.9 Å². The number of carbonyl (C=O) groups is 1. The quantitative estimate of drug-likeness (QED) is 0.364. The average molecular weight is 235 g/mol. The summed E-state index contributed by atoms with van der Waals surface area (Å²) < 4.78 is 0. The second kappa shape index (κ2) is 2.95. The number of rotatable bonds is 0. The van der Waals surface area contributed by atoms with Crippen LogP contribution in [0, 0.1) is 5.92 Å². The molecule has 0 radical (unpaired) electrons. The van der Waals surface area contributed by atoms with Crippen molar-refractivity contribution in [3.05, 3.63) is 0 Å². The van der Waals surface area contributed by atoms with Crippen molar-refractivity contribution in [1.29, 1.82) is 0 Å². The molecule has 2 heterocycles. The lowest BCUT2D eigenvalue weighted by atomic mass is 10.1. The van der Waals surface area contributed by atoms with Crippen LogP contribution in [-0.4, -0.2) is 35.7 Å². The van der Waals surface area contributed by atoms with Gasteiger partial charge in [-0.1, -0.05) is 15.9 Å². The summed E-state index contributed by atoms with van der Waals surface area (Å²) in [5, 5.41) is 7.87. The summed E-state index contributed by atoms with van der Waals surface area (Å²) in [7, 11) is 1.92. The van der Waals surface area contributed by atoms with Gasteiger partial charge in [-0.25, -0.2) is 10.4 Å². The van der Waals surface area contributed by atoms with Crippen molar-refractivity contribution in [1.82, 2.24) is 21.1 Å². The van der Waals surface area contributed by atoms with Crippen molar-refractivity contribution in [3.63, 3.8) is 0 Å². The Balaban J connectivity index is 2.19. The lowest BCUT2D eigenvalue weighted by molar-refractivity contribution is -0.128. The number of hydrazine groups is 1. The largest absolute Gasteiger partial charge is 0.343 e. The number of carbonyl (C=O) groups excluding carboxylic acids is 1. The first-order valence-corrected chi connectivity index (χ1v) is 4.76. The van der Waals surface area contributed by atoms with Crippen LogP contribution in [0.25, 0.3) is 0 Å². The maximum Gasteiger partial charge on any atom is 0.229 e. The van der Waals surface area contributed by atoms with Gasteiger partial charge in [0, 0.05) is 7.05 Å². The van der Waals surface area contributed by atoms with Crippen LogP contribution in [0.1, 0.15) is 0 Å². The Morgan fingerprint density at radius 1 is 1.67 bits per heavy atom. The maximum absolute atomic E-state index is 11.4. The minimum Gasteiger partial charge on any atom is -0.343 e. The van der Waals surface area contributed by atoms with Crippen LogP contribution < -0.4 is 16.1 Å². The van der Waals surface area contributed by atoms with E-state index < -0.39 is 0 Å². The number of nitrogens with zero attached hydrogens (tertiary/aromatic N) is 1. The van der Waals surface area contributed by atoms with Crippen LogP contribution in [-0.2, 0) is 4.79 Å². The molecule has 0 aromatic rings. The van der Waals surface area contributed by atoms with Gasteiger partial charge >= 0.3 is 0 Å². The smallest absolute Gasteiger partial charge is 0.229 e. The Hall–Kier alpha value is -0.170. The number of alkyl halides is 1. The molecule has 0 bridgehead atoms. The topological polar surface area (TPSA) is 56.4 Å². The molecule has 6 heteroatoms. The molecule has 3 N–H and O–H groups in total. The van der Waals surface area contributed by atoms with Gasteiger partial charge in [-0.3, -0.25) is 10.1 Å². The van der Waals surface area contributed by atoms with Crippen LogP contribution in [0.3, 0.4) is 0 Å². The van der Waals surface area contributed by atoms with Crippen molar-refractivity contribution >= 4 is 21.8 Å². The zero-order chi connectivity index (χ0) is 8.72. The van der Waals surface area contributed by atoms with Crippen LogP contribution in [0.15, 0.2) is 0 Å². The molecule has 68 valence electrons. The van der Waals surface area contributed by atoms with Crippen molar-refractivity contribution in [2.45, 2.75) is 11.1 Å². The average Bonchev–Trinajstić information content (AvgIpc) is 2.29. The molecule has 2 saturated heterocycles.